The van der Waals surface area contributed by atoms with Gasteiger partial charge in [-0.15, -0.1) is 0 Å². The molecule has 0 amide bonds. The molecule has 3 nitrogen and oxygen atoms in total. The topological polar surface area (TPSA) is 38.7 Å². The first kappa shape index (κ1) is 14.0. The molecule has 1 heterocycles. The van der Waals surface area contributed by atoms with Crippen molar-refractivity contribution in [3.05, 3.63) is 58.7 Å². The van der Waals surface area contributed by atoms with Crippen LogP contribution in [0.3, 0.4) is 0 Å². The lowest BCUT2D eigenvalue weighted by molar-refractivity contribution is 0.0654. The van der Waals surface area contributed by atoms with Crippen LogP contribution >= 0.6 is 0 Å². The fourth-order valence-corrected chi connectivity index (χ4v) is 2.72. The molecule has 0 aliphatic carbocycles. The van der Waals surface area contributed by atoms with Gasteiger partial charge in [0.15, 0.2) is 0 Å². The molecule has 21 heavy (non-hydrogen) atoms. The van der Waals surface area contributed by atoms with Crippen molar-refractivity contribution in [1.29, 1.82) is 0 Å². The molecular weight excluding hydrogens is 264 g/mol. The van der Waals surface area contributed by atoms with Crippen LogP contribution in [0.25, 0.3) is 0 Å². The Morgan fingerprint density at radius 3 is 2.62 bits per heavy atom. The van der Waals surface area contributed by atoms with Crippen molar-refractivity contribution < 1.29 is 14.6 Å². The van der Waals surface area contributed by atoms with E-state index in [9.17, 15) is 5.11 Å². The number of hydrogen-bond donors (Lipinski definition) is 1. The zero-order valence-corrected chi connectivity index (χ0v) is 12.6. The summed E-state index contributed by atoms with van der Waals surface area (Å²) in [5.74, 6) is 1.44. The number of aryl methyl sites for hydroxylation is 2. The summed E-state index contributed by atoms with van der Waals surface area (Å²) in [7, 11) is 1.63. The highest BCUT2D eigenvalue weighted by atomic mass is 16.5. The van der Waals surface area contributed by atoms with Crippen molar-refractivity contribution in [3.63, 3.8) is 0 Å². The van der Waals surface area contributed by atoms with Gasteiger partial charge in [0.2, 0.25) is 0 Å². The lowest BCUT2D eigenvalue weighted by Gasteiger charge is -2.30. The second-order valence-electron chi connectivity index (χ2n) is 5.61. The molecule has 3 heteroatoms. The number of hydrogen-bond acceptors (Lipinski definition) is 3. The lowest BCUT2D eigenvalue weighted by atomic mass is 9.93. The highest BCUT2D eigenvalue weighted by Crippen LogP contribution is 2.42. The first-order chi connectivity index (χ1) is 10.1. The number of methoxy groups -OCH3 is 1. The van der Waals surface area contributed by atoms with E-state index >= 15 is 0 Å². The summed E-state index contributed by atoms with van der Waals surface area (Å²) in [6, 6.07) is 11.9. The van der Waals surface area contributed by atoms with Crippen molar-refractivity contribution >= 4 is 0 Å². The molecule has 0 spiro atoms. The largest absolute Gasteiger partial charge is 0.497 e. The minimum Gasteiger partial charge on any atom is -0.497 e. The van der Waals surface area contributed by atoms with Gasteiger partial charge in [0, 0.05) is 18.1 Å². The number of aliphatic hydroxyl groups is 1. The lowest BCUT2D eigenvalue weighted by Crippen LogP contribution is -2.19. The summed E-state index contributed by atoms with van der Waals surface area (Å²) in [6.45, 7) is 4.19. The van der Waals surface area contributed by atoms with E-state index in [1.807, 2.05) is 18.2 Å². The second-order valence-corrected chi connectivity index (χ2v) is 5.61. The predicted molar refractivity (Wildman–Crippen MR) is 81.9 cm³/mol. The molecular formula is C18H20O3. The highest BCUT2D eigenvalue weighted by Gasteiger charge is 2.28. The molecule has 1 aliphatic rings. The summed E-state index contributed by atoms with van der Waals surface area (Å²) in [5.41, 5.74) is 4.43. The number of aliphatic hydroxyl groups excluding tert-OH is 1. The van der Waals surface area contributed by atoms with Crippen LogP contribution in [0.1, 0.15) is 40.9 Å². The standard InChI is InChI=1S/C18H20O3/c1-11-4-5-13(8-12(11)2)17-10-16(19)15-7-6-14(20-3)9-18(15)21-17/h4-9,16-17,19H,10H2,1-3H3. The maximum atomic E-state index is 10.4. The molecule has 2 aromatic carbocycles. The summed E-state index contributed by atoms with van der Waals surface area (Å²) in [5, 5.41) is 10.4. The van der Waals surface area contributed by atoms with Gasteiger partial charge >= 0.3 is 0 Å². The predicted octanol–water partition coefficient (Wildman–Crippen LogP) is 3.87. The van der Waals surface area contributed by atoms with Crippen LogP contribution in [0.4, 0.5) is 0 Å². The van der Waals surface area contributed by atoms with Gasteiger partial charge in [-0.3, -0.25) is 0 Å². The number of rotatable bonds is 2. The van der Waals surface area contributed by atoms with E-state index in [0.29, 0.717) is 12.2 Å². The van der Waals surface area contributed by atoms with Crippen LogP contribution in [0.2, 0.25) is 0 Å². The zero-order valence-electron chi connectivity index (χ0n) is 12.6. The minimum atomic E-state index is -0.508. The van der Waals surface area contributed by atoms with E-state index in [0.717, 1.165) is 16.9 Å². The fourth-order valence-electron chi connectivity index (χ4n) is 2.72. The van der Waals surface area contributed by atoms with Gasteiger partial charge in [-0.25, -0.2) is 0 Å². The van der Waals surface area contributed by atoms with E-state index in [1.54, 1.807) is 7.11 Å². The first-order valence-corrected chi connectivity index (χ1v) is 7.18. The molecule has 2 unspecified atom stereocenters. The smallest absolute Gasteiger partial charge is 0.129 e. The van der Waals surface area contributed by atoms with Crippen LogP contribution in [0, 0.1) is 13.8 Å². The zero-order chi connectivity index (χ0) is 15.0. The maximum Gasteiger partial charge on any atom is 0.129 e. The number of ether oxygens (including phenoxy) is 2. The van der Waals surface area contributed by atoms with Crippen LogP contribution < -0.4 is 9.47 Å². The average molecular weight is 284 g/mol. The van der Waals surface area contributed by atoms with Gasteiger partial charge in [-0.05, 0) is 42.7 Å². The molecule has 1 N–H and O–H groups in total. The Hall–Kier alpha value is -2.00. The van der Waals surface area contributed by atoms with Crippen LogP contribution in [-0.4, -0.2) is 12.2 Å². The minimum absolute atomic E-state index is 0.126. The van der Waals surface area contributed by atoms with E-state index < -0.39 is 6.10 Å². The van der Waals surface area contributed by atoms with E-state index in [4.69, 9.17) is 9.47 Å². The second kappa shape index (κ2) is 5.41. The normalized spacial score (nSPS) is 20.6. The van der Waals surface area contributed by atoms with Crippen molar-refractivity contribution in [3.8, 4) is 11.5 Å². The molecule has 0 bridgehead atoms. The molecule has 0 aromatic heterocycles. The summed E-state index contributed by atoms with van der Waals surface area (Å²) >= 11 is 0. The maximum absolute atomic E-state index is 10.4. The van der Waals surface area contributed by atoms with Gasteiger partial charge in [0.1, 0.15) is 17.6 Å². The molecule has 3 rings (SSSR count). The van der Waals surface area contributed by atoms with Crippen molar-refractivity contribution in [2.24, 2.45) is 0 Å². The van der Waals surface area contributed by atoms with Crippen molar-refractivity contribution in [1.82, 2.24) is 0 Å². The SMILES string of the molecule is COc1ccc2c(c1)OC(c1ccc(C)c(C)c1)CC2O. The molecule has 1 aliphatic heterocycles. The molecule has 110 valence electrons. The van der Waals surface area contributed by atoms with Gasteiger partial charge in [-0.1, -0.05) is 18.2 Å². The molecule has 0 saturated carbocycles. The molecule has 2 aromatic rings. The third-order valence-corrected chi connectivity index (χ3v) is 4.19. The average Bonchev–Trinajstić information content (AvgIpc) is 2.49. The van der Waals surface area contributed by atoms with Crippen molar-refractivity contribution in [2.75, 3.05) is 7.11 Å². The first-order valence-electron chi connectivity index (χ1n) is 7.18. The Morgan fingerprint density at radius 1 is 1.10 bits per heavy atom. The van der Waals surface area contributed by atoms with Crippen LogP contribution in [-0.2, 0) is 0 Å². The quantitative estimate of drug-likeness (QED) is 0.910. The van der Waals surface area contributed by atoms with Gasteiger partial charge in [0.25, 0.3) is 0 Å². The Bertz CT molecular complexity index is 664. The van der Waals surface area contributed by atoms with E-state index in [-0.39, 0.29) is 6.10 Å². The fraction of sp³-hybridized carbons (Fsp3) is 0.333. The third-order valence-electron chi connectivity index (χ3n) is 4.19. The monoisotopic (exact) mass is 284 g/mol. The molecule has 2 atom stereocenters. The summed E-state index contributed by atoms with van der Waals surface area (Å²) < 4.78 is 11.3. The number of benzene rings is 2. The van der Waals surface area contributed by atoms with E-state index in [1.165, 1.54) is 11.1 Å². The number of fused-ring (bicyclic) bond motifs is 1. The molecule has 0 saturated heterocycles. The van der Waals surface area contributed by atoms with Crippen molar-refractivity contribution in [2.45, 2.75) is 32.5 Å². The molecule has 0 fully saturated rings. The van der Waals surface area contributed by atoms with Crippen LogP contribution in [0.15, 0.2) is 36.4 Å². The molecule has 0 radical (unpaired) electrons. The van der Waals surface area contributed by atoms with Gasteiger partial charge < -0.3 is 14.6 Å². The third kappa shape index (κ3) is 2.61. The Morgan fingerprint density at radius 2 is 1.90 bits per heavy atom. The van der Waals surface area contributed by atoms with Gasteiger partial charge in [0.05, 0.1) is 13.2 Å². The van der Waals surface area contributed by atoms with Crippen LogP contribution in [0.5, 0.6) is 11.5 Å². The Kier molecular flexibility index (Phi) is 3.60. The Balaban J connectivity index is 1.94. The van der Waals surface area contributed by atoms with E-state index in [2.05, 4.69) is 32.0 Å². The summed E-state index contributed by atoms with van der Waals surface area (Å²) in [4.78, 5) is 0. The Labute approximate surface area is 125 Å². The van der Waals surface area contributed by atoms with Gasteiger partial charge in [-0.2, -0.15) is 0 Å². The highest BCUT2D eigenvalue weighted by molar-refractivity contribution is 5.44. The summed E-state index contributed by atoms with van der Waals surface area (Å²) in [6.07, 6.45) is -0.0628.